The van der Waals surface area contributed by atoms with Crippen LogP contribution in [0.1, 0.15) is 5.56 Å². The summed E-state index contributed by atoms with van der Waals surface area (Å²) in [5, 5.41) is 26.0. The fourth-order valence-electron chi connectivity index (χ4n) is 2.05. The number of anilines is 2. The molecule has 0 unspecified atom stereocenters. The summed E-state index contributed by atoms with van der Waals surface area (Å²) in [5.74, 6) is 0. The summed E-state index contributed by atoms with van der Waals surface area (Å²) in [6, 6.07) is 10.7. The van der Waals surface area contributed by atoms with E-state index in [2.05, 4.69) is 10.5 Å². The quantitative estimate of drug-likeness (QED) is 0.495. The van der Waals surface area contributed by atoms with E-state index in [1.807, 2.05) is 0 Å². The van der Waals surface area contributed by atoms with Crippen molar-refractivity contribution in [2.45, 2.75) is 0 Å². The minimum atomic E-state index is -0.519. The Morgan fingerprint density at radius 2 is 1.71 bits per heavy atom. The lowest BCUT2D eigenvalue weighted by molar-refractivity contribution is -0.384. The summed E-state index contributed by atoms with van der Waals surface area (Å²) in [5.41, 5.74) is 3.63. The Morgan fingerprint density at radius 1 is 1.04 bits per heavy atom. The Kier molecular flexibility index (Phi) is 5.05. The maximum absolute atomic E-state index is 11.1. The molecule has 0 saturated heterocycles. The van der Waals surface area contributed by atoms with Crippen molar-refractivity contribution in [3.05, 3.63) is 68.3 Å². The summed E-state index contributed by atoms with van der Waals surface area (Å²) < 4.78 is 0. The number of benzene rings is 2. The van der Waals surface area contributed by atoms with Crippen LogP contribution in [-0.4, -0.2) is 30.2 Å². The van der Waals surface area contributed by atoms with E-state index in [-0.39, 0.29) is 17.1 Å². The van der Waals surface area contributed by atoms with Crippen molar-refractivity contribution in [3.63, 3.8) is 0 Å². The fraction of sp³-hybridized carbons (Fsp3) is 0.133. The molecule has 124 valence electrons. The van der Waals surface area contributed by atoms with Crippen LogP contribution in [0, 0.1) is 20.2 Å². The van der Waals surface area contributed by atoms with E-state index in [4.69, 9.17) is 0 Å². The third-order valence-electron chi connectivity index (χ3n) is 3.18. The monoisotopic (exact) mass is 329 g/mol. The molecule has 24 heavy (non-hydrogen) atoms. The molecule has 2 rings (SSSR count). The van der Waals surface area contributed by atoms with Crippen molar-refractivity contribution < 1.29 is 9.85 Å². The second-order valence-corrected chi connectivity index (χ2v) is 5.04. The third-order valence-corrected chi connectivity index (χ3v) is 3.18. The predicted molar refractivity (Wildman–Crippen MR) is 91.7 cm³/mol. The molecule has 1 N–H and O–H groups in total. The summed E-state index contributed by atoms with van der Waals surface area (Å²) in [4.78, 5) is 22.7. The van der Waals surface area contributed by atoms with Crippen LogP contribution in [0.15, 0.2) is 47.6 Å². The lowest BCUT2D eigenvalue weighted by atomic mass is 10.2. The third kappa shape index (κ3) is 3.83. The molecule has 0 saturated carbocycles. The first-order valence-corrected chi connectivity index (χ1v) is 6.88. The lowest BCUT2D eigenvalue weighted by Crippen LogP contribution is -2.11. The van der Waals surface area contributed by atoms with Crippen LogP contribution in [0.2, 0.25) is 0 Å². The highest BCUT2D eigenvalue weighted by Gasteiger charge is 2.15. The number of rotatable bonds is 6. The zero-order chi connectivity index (χ0) is 17.7. The maximum atomic E-state index is 11.1. The van der Waals surface area contributed by atoms with Gasteiger partial charge in [-0.15, -0.1) is 0 Å². The zero-order valence-electron chi connectivity index (χ0n) is 13.0. The van der Waals surface area contributed by atoms with Gasteiger partial charge in [0.1, 0.15) is 11.4 Å². The fourth-order valence-corrected chi connectivity index (χ4v) is 2.05. The molecular weight excluding hydrogens is 314 g/mol. The average molecular weight is 329 g/mol. The number of nitro benzene ring substituents is 2. The molecular formula is C15H15N5O4. The molecule has 0 aliphatic heterocycles. The molecule has 0 fully saturated rings. The number of hydrazone groups is 1. The first-order valence-electron chi connectivity index (χ1n) is 6.88. The first kappa shape index (κ1) is 16.9. The smallest absolute Gasteiger partial charge is 0.294 e. The average Bonchev–Trinajstić information content (AvgIpc) is 2.54. The maximum Gasteiger partial charge on any atom is 0.294 e. The van der Waals surface area contributed by atoms with Crippen LogP contribution < -0.4 is 10.3 Å². The molecule has 0 atom stereocenters. The molecule has 0 aliphatic carbocycles. The summed E-state index contributed by atoms with van der Waals surface area (Å²) in [6.45, 7) is 0. The summed E-state index contributed by atoms with van der Waals surface area (Å²) in [6.07, 6.45) is 1.36. The van der Waals surface area contributed by atoms with E-state index in [0.717, 1.165) is 0 Å². The van der Waals surface area contributed by atoms with Gasteiger partial charge in [-0.1, -0.05) is 18.2 Å². The van der Waals surface area contributed by atoms with Crippen LogP contribution >= 0.6 is 0 Å². The summed E-state index contributed by atoms with van der Waals surface area (Å²) >= 11 is 0. The predicted octanol–water partition coefficient (Wildman–Crippen LogP) is 3.02. The highest BCUT2D eigenvalue weighted by atomic mass is 16.6. The van der Waals surface area contributed by atoms with E-state index in [1.165, 1.54) is 24.4 Å². The topological polar surface area (TPSA) is 114 Å². The van der Waals surface area contributed by atoms with Gasteiger partial charge in [-0.25, -0.2) is 0 Å². The van der Waals surface area contributed by atoms with Crippen LogP contribution in [0.3, 0.4) is 0 Å². The van der Waals surface area contributed by atoms with Crippen molar-refractivity contribution in [1.29, 1.82) is 0 Å². The molecule has 0 spiro atoms. The van der Waals surface area contributed by atoms with Gasteiger partial charge >= 0.3 is 0 Å². The van der Waals surface area contributed by atoms with E-state index in [1.54, 1.807) is 43.3 Å². The molecule has 0 radical (unpaired) electrons. The Morgan fingerprint density at radius 3 is 2.33 bits per heavy atom. The second kappa shape index (κ2) is 7.18. The standard InChI is InChI=1S/C15H15N5O4/c1-18(2)14-8-7-11(9-15(14)20(23)24)10-16-17-12-5-3-4-6-13(12)19(21)22/h3-10,17H,1-2H3/b16-10-. The van der Waals surface area contributed by atoms with Crippen LogP contribution in [0.4, 0.5) is 22.7 Å². The minimum absolute atomic E-state index is 0.0466. The van der Waals surface area contributed by atoms with Gasteiger partial charge in [0.15, 0.2) is 0 Å². The molecule has 0 aliphatic rings. The van der Waals surface area contributed by atoms with Crippen molar-refractivity contribution in [1.82, 2.24) is 0 Å². The van der Waals surface area contributed by atoms with Gasteiger partial charge in [0.25, 0.3) is 11.4 Å². The van der Waals surface area contributed by atoms with Crippen LogP contribution in [0.5, 0.6) is 0 Å². The molecule has 0 heterocycles. The highest BCUT2D eigenvalue weighted by Crippen LogP contribution is 2.27. The number of hydrogen-bond acceptors (Lipinski definition) is 7. The van der Waals surface area contributed by atoms with Gasteiger partial charge in [0, 0.05) is 31.8 Å². The largest absolute Gasteiger partial charge is 0.372 e. The van der Waals surface area contributed by atoms with E-state index in [0.29, 0.717) is 11.3 Å². The number of para-hydroxylation sites is 2. The lowest BCUT2D eigenvalue weighted by Gasteiger charge is -2.12. The number of nitro groups is 2. The van der Waals surface area contributed by atoms with Gasteiger partial charge < -0.3 is 4.90 Å². The van der Waals surface area contributed by atoms with Crippen LogP contribution in [-0.2, 0) is 0 Å². The Labute approximate surface area is 137 Å². The SMILES string of the molecule is CN(C)c1ccc(/C=N\Nc2ccccc2[N+](=O)[O-])cc1[N+](=O)[O-]. The Hall–Kier alpha value is -3.49. The molecule has 9 heteroatoms. The molecule has 0 bridgehead atoms. The first-order chi connectivity index (χ1) is 11.4. The molecule has 9 nitrogen and oxygen atoms in total. The highest BCUT2D eigenvalue weighted by molar-refractivity contribution is 5.84. The van der Waals surface area contributed by atoms with Crippen molar-refractivity contribution in [2.24, 2.45) is 5.10 Å². The Balaban J connectivity index is 2.23. The normalized spacial score (nSPS) is 10.6. The van der Waals surface area contributed by atoms with Gasteiger partial charge in [-0.3, -0.25) is 25.7 Å². The van der Waals surface area contributed by atoms with Gasteiger partial charge in [-0.05, 0) is 12.1 Å². The van der Waals surface area contributed by atoms with Crippen molar-refractivity contribution in [3.8, 4) is 0 Å². The van der Waals surface area contributed by atoms with Crippen LogP contribution in [0.25, 0.3) is 0 Å². The van der Waals surface area contributed by atoms with E-state index in [9.17, 15) is 20.2 Å². The van der Waals surface area contributed by atoms with Crippen molar-refractivity contribution >= 4 is 29.0 Å². The van der Waals surface area contributed by atoms with E-state index < -0.39 is 9.85 Å². The number of nitrogens with zero attached hydrogens (tertiary/aromatic N) is 4. The summed E-state index contributed by atoms with van der Waals surface area (Å²) in [7, 11) is 3.43. The van der Waals surface area contributed by atoms with Gasteiger partial charge in [0.2, 0.25) is 0 Å². The molecule has 2 aromatic carbocycles. The molecule has 2 aromatic rings. The zero-order valence-corrected chi connectivity index (χ0v) is 13.0. The van der Waals surface area contributed by atoms with Gasteiger partial charge in [-0.2, -0.15) is 5.10 Å². The van der Waals surface area contributed by atoms with E-state index >= 15 is 0 Å². The van der Waals surface area contributed by atoms with Crippen molar-refractivity contribution in [2.75, 3.05) is 24.4 Å². The number of hydrogen-bond donors (Lipinski definition) is 1. The Bertz CT molecular complexity index is 804. The minimum Gasteiger partial charge on any atom is -0.372 e. The van der Waals surface area contributed by atoms with Gasteiger partial charge in [0.05, 0.1) is 16.1 Å². The molecule has 0 amide bonds. The second-order valence-electron chi connectivity index (χ2n) is 5.04. The number of nitrogens with one attached hydrogen (secondary N) is 1. The molecule has 0 aromatic heterocycles.